The summed E-state index contributed by atoms with van der Waals surface area (Å²) in [6.07, 6.45) is 0. The fourth-order valence-electron chi connectivity index (χ4n) is 1.65. The quantitative estimate of drug-likeness (QED) is 0.776. The monoisotopic (exact) mass is 265 g/mol. The molecule has 0 saturated heterocycles. The van der Waals surface area contributed by atoms with Gasteiger partial charge in [-0.3, -0.25) is 8.39 Å². The molecule has 0 atom stereocenters. The highest BCUT2D eigenvalue weighted by Gasteiger charge is 2.09. The molecule has 1 aromatic heterocycles. The van der Waals surface area contributed by atoms with Crippen LogP contribution in [0.2, 0.25) is 0 Å². The molecule has 0 saturated carbocycles. The number of hydrogen-bond donors (Lipinski definition) is 0. The maximum atomic E-state index is 11.8. The second-order valence-corrected chi connectivity index (χ2v) is 4.60. The van der Waals surface area contributed by atoms with Crippen LogP contribution < -0.4 is 5.43 Å². The van der Waals surface area contributed by atoms with Crippen LogP contribution in [-0.2, 0) is 0 Å². The standard InChI is InChI=1S/C12H12BrNO/c1-8(2)11-7-12(15)9-5-3-4-6-10(9)14(11)13/h3-8H,1-2H3. The van der Waals surface area contributed by atoms with E-state index in [4.69, 9.17) is 0 Å². The minimum absolute atomic E-state index is 0.0880. The lowest BCUT2D eigenvalue weighted by atomic mass is 10.1. The molecule has 0 N–H and O–H groups in total. The average molecular weight is 266 g/mol. The van der Waals surface area contributed by atoms with Gasteiger partial charge < -0.3 is 0 Å². The molecule has 3 heteroatoms. The maximum absolute atomic E-state index is 11.8. The summed E-state index contributed by atoms with van der Waals surface area (Å²) in [6.45, 7) is 4.14. The molecule has 0 bridgehead atoms. The van der Waals surface area contributed by atoms with Crippen molar-refractivity contribution in [1.82, 2.24) is 3.59 Å². The lowest BCUT2D eigenvalue weighted by Crippen LogP contribution is -2.09. The summed E-state index contributed by atoms with van der Waals surface area (Å²) < 4.78 is 1.91. The zero-order valence-electron chi connectivity index (χ0n) is 8.70. The number of nitrogens with zero attached hydrogens (tertiary/aromatic N) is 1. The Hall–Kier alpha value is -1.09. The molecule has 0 aliphatic rings. The third-order valence-corrected chi connectivity index (χ3v) is 3.27. The van der Waals surface area contributed by atoms with Gasteiger partial charge in [-0.15, -0.1) is 0 Å². The highest BCUT2D eigenvalue weighted by Crippen LogP contribution is 2.20. The van der Waals surface area contributed by atoms with Gasteiger partial charge in [-0.2, -0.15) is 0 Å². The maximum Gasteiger partial charge on any atom is 0.189 e. The normalized spacial score (nSPS) is 11.2. The van der Waals surface area contributed by atoms with Crippen LogP contribution in [0.1, 0.15) is 25.5 Å². The number of pyridine rings is 1. The predicted octanol–water partition coefficient (Wildman–Crippen LogP) is 3.28. The van der Waals surface area contributed by atoms with Crippen molar-refractivity contribution in [2.45, 2.75) is 19.8 Å². The molecule has 78 valence electrons. The molecular weight excluding hydrogens is 254 g/mol. The molecule has 0 unspecified atom stereocenters. The summed E-state index contributed by atoms with van der Waals surface area (Å²) in [5, 5.41) is 0.749. The predicted molar refractivity (Wildman–Crippen MR) is 66.6 cm³/mol. The van der Waals surface area contributed by atoms with E-state index in [9.17, 15) is 4.79 Å². The minimum Gasteiger partial charge on any atom is -0.289 e. The van der Waals surface area contributed by atoms with E-state index in [2.05, 4.69) is 30.0 Å². The molecule has 0 radical (unpaired) electrons. The van der Waals surface area contributed by atoms with Crippen molar-refractivity contribution in [2.75, 3.05) is 0 Å². The van der Waals surface area contributed by atoms with Crippen LogP contribution in [0.5, 0.6) is 0 Å². The van der Waals surface area contributed by atoms with Crippen molar-refractivity contribution in [1.29, 1.82) is 0 Å². The van der Waals surface area contributed by atoms with E-state index in [-0.39, 0.29) is 5.43 Å². The molecule has 0 aliphatic heterocycles. The first-order chi connectivity index (χ1) is 7.11. The molecule has 0 amide bonds. The van der Waals surface area contributed by atoms with Crippen LogP contribution in [0, 0.1) is 0 Å². The topological polar surface area (TPSA) is 22.0 Å². The first kappa shape index (κ1) is 10.4. The van der Waals surface area contributed by atoms with Crippen molar-refractivity contribution in [2.24, 2.45) is 0 Å². The van der Waals surface area contributed by atoms with Gasteiger partial charge in [-0.05, 0) is 18.1 Å². The lowest BCUT2D eigenvalue weighted by Gasteiger charge is -2.12. The summed E-state index contributed by atoms with van der Waals surface area (Å²) in [4.78, 5) is 11.8. The van der Waals surface area contributed by atoms with Crippen molar-refractivity contribution in [3.05, 3.63) is 46.2 Å². The summed E-state index contributed by atoms with van der Waals surface area (Å²) in [7, 11) is 0. The van der Waals surface area contributed by atoms with Gasteiger partial charge >= 0.3 is 0 Å². The van der Waals surface area contributed by atoms with E-state index in [0.717, 1.165) is 16.6 Å². The molecule has 1 heterocycles. The third kappa shape index (κ3) is 1.72. The van der Waals surface area contributed by atoms with Crippen molar-refractivity contribution < 1.29 is 0 Å². The summed E-state index contributed by atoms with van der Waals surface area (Å²) >= 11 is 3.49. The minimum atomic E-state index is 0.0880. The average Bonchev–Trinajstić information content (AvgIpc) is 2.23. The van der Waals surface area contributed by atoms with Gasteiger partial charge in [0.25, 0.3) is 0 Å². The Morgan fingerprint density at radius 2 is 1.93 bits per heavy atom. The van der Waals surface area contributed by atoms with E-state index in [1.807, 2.05) is 27.9 Å². The van der Waals surface area contributed by atoms with Crippen LogP contribution in [-0.4, -0.2) is 3.59 Å². The molecule has 0 spiro atoms. The SMILES string of the molecule is CC(C)c1cc(=O)c2ccccc2n1Br. The Morgan fingerprint density at radius 3 is 2.60 bits per heavy atom. The summed E-state index contributed by atoms with van der Waals surface area (Å²) in [6, 6.07) is 9.30. The zero-order valence-corrected chi connectivity index (χ0v) is 10.3. The fourth-order valence-corrected chi connectivity index (χ4v) is 2.48. The van der Waals surface area contributed by atoms with E-state index in [0.29, 0.717) is 5.92 Å². The van der Waals surface area contributed by atoms with Crippen LogP contribution in [0.3, 0.4) is 0 Å². The molecular formula is C12H12BrNO. The second-order valence-electron chi connectivity index (χ2n) is 3.89. The summed E-state index contributed by atoms with van der Waals surface area (Å²) in [5.74, 6) is 0.321. The van der Waals surface area contributed by atoms with E-state index in [1.165, 1.54) is 0 Å². The number of aromatic nitrogens is 1. The number of rotatable bonds is 1. The molecule has 0 fully saturated rings. The Morgan fingerprint density at radius 1 is 1.27 bits per heavy atom. The molecule has 2 nitrogen and oxygen atoms in total. The van der Waals surface area contributed by atoms with Crippen LogP contribution >= 0.6 is 16.1 Å². The Bertz CT molecular complexity index is 557. The van der Waals surface area contributed by atoms with Crippen molar-refractivity contribution in [3.63, 3.8) is 0 Å². The fraction of sp³-hybridized carbons (Fsp3) is 0.250. The number of halogens is 1. The largest absolute Gasteiger partial charge is 0.289 e. The van der Waals surface area contributed by atoms with Crippen molar-refractivity contribution in [3.8, 4) is 0 Å². The smallest absolute Gasteiger partial charge is 0.189 e. The van der Waals surface area contributed by atoms with Crippen LogP contribution in [0.15, 0.2) is 35.1 Å². The van der Waals surface area contributed by atoms with E-state index >= 15 is 0 Å². The molecule has 0 aliphatic carbocycles. The molecule has 2 aromatic rings. The second kappa shape index (κ2) is 3.81. The van der Waals surface area contributed by atoms with E-state index in [1.54, 1.807) is 6.07 Å². The van der Waals surface area contributed by atoms with E-state index < -0.39 is 0 Å². The Labute approximate surface area is 96.9 Å². The van der Waals surface area contributed by atoms with Crippen LogP contribution in [0.4, 0.5) is 0 Å². The molecule has 15 heavy (non-hydrogen) atoms. The summed E-state index contributed by atoms with van der Waals surface area (Å²) in [5.41, 5.74) is 2.01. The van der Waals surface area contributed by atoms with Gasteiger partial charge in [0.15, 0.2) is 5.43 Å². The van der Waals surface area contributed by atoms with Gasteiger partial charge in [0.05, 0.1) is 21.7 Å². The highest BCUT2D eigenvalue weighted by molar-refractivity contribution is 9.08. The van der Waals surface area contributed by atoms with Gasteiger partial charge in [-0.25, -0.2) is 0 Å². The highest BCUT2D eigenvalue weighted by atomic mass is 79.9. The van der Waals surface area contributed by atoms with Gasteiger partial charge in [-0.1, -0.05) is 26.0 Å². The number of benzene rings is 1. The molecule has 1 aromatic carbocycles. The number of fused-ring (bicyclic) bond motifs is 1. The van der Waals surface area contributed by atoms with Crippen molar-refractivity contribution >= 4 is 27.1 Å². The first-order valence-corrected chi connectivity index (χ1v) is 5.63. The number of para-hydroxylation sites is 1. The third-order valence-electron chi connectivity index (χ3n) is 2.48. The Balaban J connectivity index is 2.91. The van der Waals surface area contributed by atoms with Gasteiger partial charge in [0.2, 0.25) is 0 Å². The lowest BCUT2D eigenvalue weighted by molar-refractivity contribution is 0.818. The first-order valence-electron chi connectivity index (χ1n) is 4.92. The van der Waals surface area contributed by atoms with Gasteiger partial charge in [0.1, 0.15) is 0 Å². The Kier molecular flexibility index (Phi) is 2.65. The van der Waals surface area contributed by atoms with Crippen LogP contribution in [0.25, 0.3) is 10.9 Å². The zero-order chi connectivity index (χ0) is 11.0. The molecule has 2 rings (SSSR count). The van der Waals surface area contributed by atoms with Gasteiger partial charge in [0, 0.05) is 17.1 Å². The number of hydrogen-bond acceptors (Lipinski definition) is 1.